The first-order valence-electron chi connectivity index (χ1n) is 4.38. The summed E-state index contributed by atoms with van der Waals surface area (Å²) >= 11 is 1.30. The molecule has 5 N–H and O–H groups in total. The average Bonchev–Trinajstić information content (AvgIpc) is 2.53. The number of hydrogen-bond donors (Lipinski definition) is 4. The standard InChI is InChI=1S/C9H12N2O2S/c10-4-3-5-1-2-6(12)7-8(5)14-9(13)11-7/h1-2,9,11-13H,3-4,10H2. The fraction of sp³-hybridized carbons (Fsp3) is 0.333. The van der Waals surface area contributed by atoms with Crippen LogP contribution in [0.4, 0.5) is 5.69 Å². The molecule has 4 nitrogen and oxygen atoms in total. The third-order valence-electron chi connectivity index (χ3n) is 2.13. The van der Waals surface area contributed by atoms with Crippen LogP contribution in [0.25, 0.3) is 0 Å². The van der Waals surface area contributed by atoms with Gasteiger partial charge in [0.15, 0.2) is 5.56 Å². The number of nitrogens with two attached hydrogens (primary N) is 1. The fourth-order valence-corrected chi connectivity index (χ4v) is 2.51. The van der Waals surface area contributed by atoms with Gasteiger partial charge in [0.2, 0.25) is 0 Å². The van der Waals surface area contributed by atoms with E-state index in [4.69, 9.17) is 5.73 Å². The Morgan fingerprint density at radius 1 is 1.50 bits per heavy atom. The molecule has 5 heteroatoms. The summed E-state index contributed by atoms with van der Waals surface area (Å²) in [7, 11) is 0. The van der Waals surface area contributed by atoms with E-state index in [9.17, 15) is 10.2 Å². The minimum atomic E-state index is -0.671. The number of thioether (sulfide) groups is 1. The minimum Gasteiger partial charge on any atom is -0.506 e. The van der Waals surface area contributed by atoms with Crippen LogP contribution in [0.2, 0.25) is 0 Å². The first-order valence-corrected chi connectivity index (χ1v) is 5.26. The molecule has 0 saturated heterocycles. The number of rotatable bonds is 2. The van der Waals surface area contributed by atoms with Crippen molar-refractivity contribution in [2.24, 2.45) is 5.73 Å². The number of fused-ring (bicyclic) bond motifs is 1. The lowest BCUT2D eigenvalue weighted by molar-refractivity contribution is 0.293. The lowest BCUT2D eigenvalue weighted by Gasteiger charge is -2.06. The first-order chi connectivity index (χ1) is 6.72. The quantitative estimate of drug-likeness (QED) is 0.542. The zero-order chi connectivity index (χ0) is 10.1. The maximum Gasteiger partial charge on any atom is 0.178 e. The summed E-state index contributed by atoms with van der Waals surface area (Å²) < 4.78 is 0. The van der Waals surface area contributed by atoms with Crippen LogP contribution in [0, 0.1) is 0 Å². The van der Waals surface area contributed by atoms with Gasteiger partial charge in [0, 0.05) is 4.90 Å². The summed E-state index contributed by atoms with van der Waals surface area (Å²) in [5, 5.41) is 21.7. The maximum absolute atomic E-state index is 9.52. The number of nitrogens with one attached hydrogen (secondary N) is 1. The summed E-state index contributed by atoms with van der Waals surface area (Å²) in [5.41, 5.74) is 6.48. The predicted octanol–water partition coefficient (Wildman–Crippen LogP) is 0.687. The molecule has 1 aromatic carbocycles. The Hall–Kier alpha value is -0.910. The topological polar surface area (TPSA) is 78.5 Å². The predicted molar refractivity (Wildman–Crippen MR) is 56.4 cm³/mol. The molecule has 1 heterocycles. The zero-order valence-electron chi connectivity index (χ0n) is 7.53. The molecule has 1 aliphatic rings. The van der Waals surface area contributed by atoms with Gasteiger partial charge in [-0.25, -0.2) is 0 Å². The number of aromatic hydroxyl groups is 1. The Kier molecular flexibility index (Phi) is 2.54. The number of aliphatic hydroxyl groups excluding tert-OH is 1. The first kappa shape index (κ1) is 9.64. The summed E-state index contributed by atoms with van der Waals surface area (Å²) in [4.78, 5) is 0.906. The highest BCUT2D eigenvalue weighted by atomic mass is 32.2. The summed E-state index contributed by atoms with van der Waals surface area (Å²) in [6.45, 7) is 0.563. The molecule has 14 heavy (non-hydrogen) atoms. The molecular weight excluding hydrogens is 200 g/mol. The third-order valence-corrected chi connectivity index (χ3v) is 3.17. The Labute approximate surface area is 86.1 Å². The zero-order valence-corrected chi connectivity index (χ0v) is 8.34. The molecule has 0 amide bonds. The normalized spacial score (nSPS) is 19.1. The van der Waals surface area contributed by atoms with Crippen LogP contribution >= 0.6 is 11.8 Å². The van der Waals surface area contributed by atoms with Crippen LogP contribution in [-0.4, -0.2) is 22.3 Å². The fourth-order valence-electron chi connectivity index (χ4n) is 1.51. The number of hydrogen-bond acceptors (Lipinski definition) is 5. The van der Waals surface area contributed by atoms with Gasteiger partial charge in [-0.15, -0.1) is 0 Å². The number of aliphatic hydroxyl groups is 1. The molecule has 0 aliphatic carbocycles. The second-order valence-electron chi connectivity index (χ2n) is 3.10. The van der Waals surface area contributed by atoms with Crippen molar-refractivity contribution in [3.8, 4) is 5.75 Å². The average molecular weight is 212 g/mol. The molecule has 2 rings (SSSR count). The van der Waals surface area contributed by atoms with Crippen molar-refractivity contribution >= 4 is 17.4 Å². The van der Waals surface area contributed by atoms with Gasteiger partial charge in [-0.2, -0.15) is 0 Å². The lowest BCUT2D eigenvalue weighted by atomic mass is 10.1. The van der Waals surface area contributed by atoms with Gasteiger partial charge in [0.05, 0.1) is 5.69 Å². The molecule has 0 radical (unpaired) electrons. The highest BCUT2D eigenvalue weighted by Gasteiger charge is 2.24. The number of phenols is 1. The molecule has 1 aliphatic heterocycles. The van der Waals surface area contributed by atoms with E-state index in [0.717, 1.165) is 16.9 Å². The number of phenolic OH excluding ortho intramolecular Hbond substituents is 1. The van der Waals surface area contributed by atoms with Crippen LogP contribution in [-0.2, 0) is 6.42 Å². The van der Waals surface area contributed by atoms with Crippen molar-refractivity contribution in [2.45, 2.75) is 16.9 Å². The van der Waals surface area contributed by atoms with Crippen LogP contribution in [0.1, 0.15) is 5.56 Å². The van der Waals surface area contributed by atoms with Gasteiger partial charge in [0.25, 0.3) is 0 Å². The number of benzene rings is 1. The monoisotopic (exact) mass is 212 g/mol. The van der Waals surface area contributed by atoms with Crippen LogP contribution in [0.3, 0.4) is 0 Å². The van der Waals surface area contributed by atoms with E-state index in [2.05, 4.69) is 5.32 Å². The van der Waals surface area contributed by atoms with Crippen LogP contribution < -0.4 is 11.1 Å². The van der Waals surface area contributed by atoms with Crippen molar-refractivity contribution in [3.63, 3.8) is 0 Å². The molecular formula is C9H12N2O2S. The highest BCUT2D eigenvalue weighted by molar-refractivity contribution is 8.00. The molecule has 1 atom stereocenters. The molecule has 76 valence electrons. The van der Waals surface area contributed by atoms with E-state index < -0.39 is 5.56 Å². The molecule has 1 unspecified atom stereocenters. The van der Waals surface area contributed by atoms with Gasteiger partial charge < -0.3 is 21.3 Å². The molecule has 0 bridgehead atoms. The van der Waals surface area contributed by atoms with Crippen molar-refractivity contribution in [3.05, 3.63) is 17.7 Å². The summed E-state index contributed by atoms with van der Waals surface area (Å²) in [6, 6.07) is 3.46. The number of anilines is 1. The van der Waals surface area contributed by atoms with Crippen molar-refractivity contribution in [2.75, 3.05) is 11.9 Å². The summed E-state index contributed by atoms with van der Waals surface area (Å²) in [5.74, 6) is 0.171. The highest BCUT2D eigenvalue weighted by Crippen LogP contribution is 2.44. The van der Waals surface area contributed by atoms with Gasteiger partial charge >= 0.3 is 0 Å². The van der Waals surface area contributed by atoms with E-state index in [1.54, 1.807) is 6.07 Å². The van der Waals surface area contributed by atoms with Gasteiger partial charge in [-0.1, -0.05) is 17.8 Å². The van der Waals surface area contributed by atoms with Gasteiger partial charge in [0.1, 0.15) is 5.75 Å². The molecule has 0 fully saturated rings. The molecule has 0 saturated carbocycles. The minimum absolute atomic E-state index is 0.171. The lowest BCUT2D eigenvalue weighted by Crippen LogP contribution is -2.06. The van der Waals surface area contributed by atoms with E-state index >= 15 is 0 Å². The van der Waals surface area contributed by atoms with E-state index in [-0.39, 0.29) is 5.75 Å². The van der Waals surface area contributed by atoms with E-state index in [0.29, 0.717) is 12.2 Å². The van der Waals surface area contributed by atoms with E-state index in [1.165, 1.54) is 11.8 Å². The maximum atomic E-state index is 9.52. The SMILES string of the molecule is NCCc1ccc(O)c2c1SC(O)N2. The van der Waals surface area contributed by atoms with Crippen molar-refractivity contribution in [1.82, 2.24) is 0 Å². The van der Waals surface area contributed by atoms with Crippen molar-refractivity contribution in [1.29, 1.82) is 0 Å². The van der Waals surface area contributed by atoms with Gasteiger partial charge in [-0.3, -0.25) is 0 Å². The molecule has 1 aromatic rings. The van der Waals surface area contributed by atoms with E-state index in [1.807, 2.05) is 6.07 Å². The largest absolute Gasteiger partial charge is 0.506 e. The smallest absolute Gasteiger partial charge is 0.178 e. The summed E-state index contributed by atoms with van der Waals surface area (Å²) in [6.07, 6.45) is 0.754. The van der Waals surface area contributed by atoms with Crippen molar-refractivity contribution < 1.29 is 10.2 Å². The Bertz CT molecular complexity index is 357. The third kappa shape index (κ3) is 1.54. The van der Waals surface area contributed by atoms with Crippen LogP contribution in [0.15, 0.2) is 17.0 Å². The Balaban J connectivity index is 2.42. The second-order valence-corrected chi connectivity index (χ2v) is 4.19. The van der Waals surface area contributed by atoms with Gasteiger partial charge in [-0.05, 0) is 24.6 Å². The Morgan fingerprint density at radius 3 is 3.00 bits per heavy atom. The molecule has 0 spiro atoms. The van der Waals surface area contributed by atoms with Crippen LogP contribution in [0.5, 0.6) is 5.75 Å². The Morgan fingerprint density at radius 2 is 2.29 bits per heavy atom. The molecule has 0 aromatic heterocycles. The second kappa shape index (κ2) is 3.68.